The van der Waals surface area contributed by atoms with Crippen LogP contribution in [0.15, 0.2) is 24.3 Å². The van der Waals surface area contributed by atoms with Crippen molar-refractivity contribution in [2.75, 3.05) is 19.6 Å². The van der Waals surface area contributed by atoms with Crippen LogP contribution in [0, 0.1) is 23.2 Å². The van der Waals surface area contributed by atoms with Crippen LogP contribution < -0.4 is 5.73 Å². The molecule has 1 aromatic rings. The van der Waals surface area contributed by atoms with Crippen molar-refractivity contribution < 1.29 is 0 Å². The molecule has 26 heavy (non-hydrogen) atoms. The third-order valence-electron chi connectivity index (χ3n) is 6.03. The number of nitrogens with zero attached hydrogens (tertiary/aromatic N) is 2. The average Bonchev–Trinajstić information content (AvgIpc) is 2.63. The number of rotatable bonds is 5. The zero-order valence-electron chi connectivity index (χ0n) is 15.6. The largest absolute Gasteiger partial charge is 0.328 e. The maximum atomic E-state index is 9.02. The fraction of sp³-hybridized carbons (Fsp3) is 0.667. The Bertz CT molecular complexity index is 557. The second-order valence-corrected chi connectivity index (χ2v) is 7.87. The maximum Gasteiger partial charge on any atom is 0.0991 e. The first-order chi connectivity index (χ1) is 11.7. The topological polar surface area (TPSA) is 53.0 Å². The second kappa shape index (κ2) is 11.8. The van der Waals surface area contributed by atoms with E-state index < -0.39 is 0 Å². The van der Waals surface area contributed by atoms with Crippen LogP contribution in [0.25, 0.3) is 0 Å². The van der Waals surface area contributed by atoms with Crippen molar-refractivity contribution in [1.82, 2.24) is 4.90 Å². The first-order valence-electron chi connectivity index (χ1n) is 9.70. The van der Waals surface area contributed by atoms with Crippen LogP contribution in [0.4, 0.5) is 0 Å². The number of benzene rings is 1. The number of hydrogen-bond acceptors (Lipinski definition) is 3. The molecule has 0 unspecified atom stereocenters. The molecular formula is C21H33Cl2N3. The molecule has 0 atom stereocenters. The molecule has 1 saturated carbocycles. The van der Waals surface area contributed by atoms with E-state index in [1.165, 1.54) is 70.1 Å². The lowest BCUT2D eigenvalue weighted by Gasteiger charge is -2.34. The fourth-order valence-corrected chi connectivity index (χ4v) is 4.36. The molecule has 1 aliphatic carbocycles. The van der Waals surface area contributed by atoms with E-state index in [0.717, 1.165) is 23.8 Å². The van der Waals surface area contributed by atoms with E-state index >= 15 is 0 Å². The molecule has 0 amide bonds. The first kappa shape index (κ1) is 23.2. The summed E-state index contributed by atoms with van der Waals surface area (Å²) >= 11 is 0. The van der Waals surface area contributed by atoms with Gasteiger partial charge >= 0.3 is 0 Å². The van der Waals surface area contributed by atoms with E-state index in [1.807, 2.05) is 12.1 Å². The number of nitriles is 1. The minimum absolute atomic E-state index is 0. The summed E-state index contributed by atoms with van der Waals surface area (Å²) in [5.41, 5.74) is 8.12. The minimum atomic E-state index is 0. The lowest BCUT2D eigenvalue weighted by molar-refractivity contribution is 0.165. The lowest BCUT2D eigenvalue weighted by Crippen LogP contribution is -2.36. The molecule has 0 spiro atoms. The molecule has 3 rings (SSSR count). The Morgan fingerprint density at radius 3 is 2.35 bits per heavy atom. The van der Waals surface area contributed by atoms with Crippen LogP contribution in [0.2, 0.25) is 0 Å². The highest BCUT2D eigenvalue weighted by Crippen LogP contribution is 2.27. The van der Waals surface area contributed by atoms with Crippen molar-refractivity contribution >= 4 is 24.8 Å². The Morgan fingerprint density at radius 1 is 1.00 bits per heavy atom. The molecule has 1 heterocycles. The van der Waals surface area contributed by atoms with Gasteiger partial charge in [-0.2, -0.15) is 5.26 Å². The van der Waals surface area contributed by atoms with Gasteiger partial charge in [0.25, 0.3) is 0 Å². The van der Waals surface area contributed by atoms with E-state index in [0.29, 0.717) is 6.04 Å². The minimum Gasteiger partial charge on any atom is -0.328 e. The summed E-state index contributed by atoms with van der Waals surface area (Å²) in [6.45, 7) is 3.76. The molecule has 1 saturated heterocycles. The molecule has 0 bridgehead atoms. The van der Waals surface area contributed by atoms with Gasteiger partial charge in [0.2, 0.25) is 0 Å². The summed E-state index contributed by atoms with van der Waals surface area (Å²) in [5, 5.41) is 9.02. The summed E-state index contributed by atoms with van der Waals surface area (Å²) in [5.74, 6) is 1.69. The van der Waals surface area contributed by atoms with E-state index in [2.05, 4.69) is 23.1 Å². The van der Waals surface area contributed by atoms with Gasteiger partial charge in [0.05, 0.1) is 11.6 Å². The SMILES string of the molecule is Cl.Cl.N#Cc1cccc(CC2CCN(CC[C@H]3CC[C@H](N)CC3)CC2)c1. The summed E-state index contributed by atoms with van der Waals surface area (Å²) in [4.78, 5) is 2.66. The Morgan fingerprint density at radius 2 is 1.69 bits per heavy atom. The van der Waals surface area contributed by atoms with Gasteiger partial charge in [0.15, 0.2) is 0 Å². The molecule has 2 N–H and O–H groups in total. The summed E-state index contributed by atoms with van der Waals surface area (Å²) in [6, 6.07) is 10.8. The maximum absolute atomic E-state index is 9.02. The van der Waals surface area contributed by atoms with Crippen LogP contribution in [0.5, 0.6) is 0 Å². The monoisotopic (exact) mass is 397 g/mol. The van der Waals surface area contributed by atoms with Crippen LogP contribution in [0.1, 0.15) is 56.1 Å². The molecule has 2 fully saturated rings. The van der Waals surface area contributed by atoms with Gasteiger partial charge in [-0.15, -0.1) is 24.8 Å². The van der Waals surface area contributed by atoms with Crippen molar-refractivity contribution in [3.05, 3.63) is 35.4 Å². The third kappa shape index (κ3) is 7.08. The van der Waals surface area contributed by atoms with Crippen molar-refractivity contribution in [3.63, 3.8) is 0 Å². The van der Waals surface area contributed by atoms with Crippen LogP contribution >= 0.6 is 24.8 Å². The summed E-state index contributed by atoms with van der Waals surface area (Å²) in [7, 11) is 0. The quantitative estimate of drug-likeness (QED) is 0.791. The molecule has 2 aliphatic rings. The van der Waals surface area contributed by atoms with Crippen molar-refractivity contribution in [1.29, 1.82) is 5.26 Å². The highest BCUT2D eigenvalue weighted by Gasteiger charge is 2.22. The predicted molar refractivity (Wildman–Crippen MR) is 113 cm³/mol. The van der Waals surface area contributed by atoms with Gasteiger partial charge in [-0.25, -0.2) is 0 Å². The summed E-state index contributed by atoms with van der Waals surface area (Å²) < 4.78 is 0. The first-order valence-corrected chi connectivity index (χ1v) is 9.70. The second-order valence-electron chi connectivity index (χ2n) is 7.87. The fourth-order valence-electron chi connectivity index (χ4n) is 4.36. The van der Waals surface area contributed by atoms with Gasteiger partial charge in [-0.05, 0) is 101 Å². The standard InChI is InChI=1S/C21H31N3.2ClH/c22-16-20-3-1-2-19(15-20)14-18-9-12-24(13-10-18)11-8-17-4-6-21(23)7-5-17;;/h1-3,15,17-18,21H,4-14,23H2;2*1H/t17-,21-;;. The van der Waals surface area contributed by atoms with Gasteiger partial charge in [0, 0.05) is 6.04 Å². The molecule has 5 heteroatoms. The van der Waals surface area contributed by atoms with Crippen LogP contribution in [-0.2, 0) is 6.42 Å². The molecule has 0 radical (unpaired) electrons. The molecule has 1 aromatic carbocycles. The van der Waals surface area contributed by atoms with Crippen molar-refractivity contribution in [2.45, 2.75) is 57.4 Å². The Kier molecular flexibility index (Phi) is 10.6. The van der Waals surface area contributed by atoms with E-state index in [-0.39, 0.29) is 24.8 Å². The van der Waals surface area contributed by atoms with Gasteiger partial charge in [0.1, 0.15) is 0 Å². The number of piperidine rings is 1. The number of halogens is 2. The Labute approximate surface area is 171 Å². The zero-order valence-corrected chi connectivity index (χ0v) is 17.2. The van der Waals surface area contributed by atoms with Gasteiger partial charge in [-0.1, -0.05) is 12.1 Å². The van der Waals surface area contributed by atoms with Crippen LogP contribution in [0.3, 0.4) is 0 Å². The molecular weight excluding hydrogens is 365 g/mol. The van der Waals surface area contributed by atoms with Crippen molar-refractivity contribution in [2.24, 2.45) is 17.6 Å². The highest BCUT2D eigenvalue weighted by atomic mass is 35.5. The smallest absolute Gasteiger partial charge is 0.0991 e. The molecule has 146 valence electrons. The van der Waals surface area contributed by atoms with Crippen molar-refractivity contribution in [3.8, 4) is 6.07 Å². The molecule has 0 aromatic heterocycles. The predicted octanol–water partition coefficient (Wildman–Crippen LogP) is 4.56. The number of hydrogen-bond donors (Lipinski definition) is 1. The zero-order chi connectivity index (χ0) is 16.8. The highest BCUT2D eigenvalue weighted by molar-refractivity contribution is 5.85. The summed E-state index contributed by atoms with van der Waals surface area (Å²) in [6.07, 6.45) is 10.2. The van der Waals surface area contributed by atoms with E-state index in [1.54, 1.807) is 0 Å². The normalized spacial score (nSPS) is 24.2. The Balaban J connectivity index is 0.00000169. The molecule has 1 aliphatic heterocycles. The number of nitrogens with two attached hydrogens (primary N) is 1. The van der Waals surface area contributed by atoms with Crippen LogP contribution in [-0.4, -0.2) is 30.6 Å². The number of likely N-dealkylation sites (tertiary alicyclic amines) is 1. The van der Waals surface area contributed by atoms with Gasteiger partial charge in [-0.3, -0.25) is 0 Å². The third-order valence-corrected chi connectivity index (χ3v) is 6.03. The average molecular weight is 398 g/mol. The van der Waals surface area contributed by atoms with E-state index in [4.69, 9.17) is 11.0 Å². The molecule has 3 nitrogen and oxygen atoms in total. The van der Waals surface area contributed by atoms with Gasteiger partial charge < -0.3 is 10.6 Å². The van der Waals surface area contributed by atoms with E-state index in [9.17, 15) is 0 Å². The Hall–Kier alpha value is -0.790. The lowest BCUT2D eigenvalue weighted by atomic mass is 9.84.